The highest BCUT2D eigenvalue weighted by Gasteiger charge is 2.02. The highest BCUT2D eigenvalue weighted by atomic mass is 32.2. The first-order chi connectivity index (χ1) is 9.15. The van der Waals surface area contributed by atoms with Crippen molar-refractivity contribution >= 4 is 23.1 Å². The largest absolute Gasteiger partial charge is 0.389 e. The number of nitro groups is 1. The topological polar surface area (TPSA) is 100 Å². The summed E-state index contributed by atoms with van der Waals surface area (Å²) in [6.45, 7) is 0.616. The lowest BCUT2D eigenvalue weighted by Gasteiger charge is -2.06. The summed E-state index contributed by atoms with van der Waals surface area (Å²) in [4.78, 5) is 15.0. The number of aliphatic hydroxyl groups excluding tert-OH is 1. The molecule has 0 bridgehead atoms. The van der Waals surface area contributed by atoms with E-state index in [0.29, 0.717) is 12.4 Å². The Kier molecular flexibility index (Phi) is 7.23. The molecule has 0 amide bonds. The van der Waals surface area contributed by atoms with Gasteiger partial charge in [-0.1, -0.05) is 0 Å². The number of thiazole rings is 1. The van der Waals surface area contributed by atoms with Gasteiger partial charge in [0.15, 0.2) is 5.82 Å². The molecule has 7 nitrogen and oxygen atoms in total. The predicted octanol–water partition coefficient (Wildman–Crippen LogP) is 0.753. The van der Waals surface area contributed by atoms with Gasteiger partial charge in [-0.25, -0.2) is 4.98 Å². The second-order valence-corrected chi connectivity index (χ2v) is 5.74. The van der Waals surface area contributed by atoms with Crippen LogP contribution < -0.4 is 10.6 Å². The van der Waals surface area contributed by atoms with E-state index in [1.807, 2.05) is 0 Å². The summed E-state index contributed by atoms with van der Waals surface area (Å²) in [5.41, 5.74) is 0. The van der Waals surface area contributed by atoms with E-state index >= 15 is 0 Å². The molecule has 0 unspecified atom stereocenters. The Balaban J connectivity index is 2.18. The molecule has 19 heavy (non-hydrogen) atoms. The van der Waals surface area contributed by atoms with Crippen LogP contribution in [0.4, 0.5) is 0 Å². The monoisotopic (exact) mass is 304 g/mol. The van der Waals surface area contributed by atoms with Crippen LogP contribution in [0.25, 0.3) is 0 Å². The van der Waals surface area contributed by atoms with E-state index in [1.165, 1.54) is 11.3 Å². The van der Waals surface area contributed by atoms with Crippen molar-refractivity contribution in [1.82, 2.24) is 15.6 Å². The summed E-state index contributed by atoms with van der Waals surface area (Å²) in [5, 5.41) is 25.6. The van der Waals surface area contributed by atoms with E-state index in [-0.39, 0.29) is 6.61 Å². The molecule has 0 saturated heterocycles. The second-order valence-electron chi connectivity index (χ2n) is 3.44. The van der Waals surface area contributed by atoms with Crippen LogP contribution in [0.5, 0.6) is 0 Å². The molecule has 1 rings (SSSR count). The molecule has 1 heterocycles. The van der Waals surface area contributed by atoms with Gasteiger partial charge in [0.2, 0.25) is 0 Å². The Morgan fingerprint density at radius 3 is 3.11 bits per heavy atom. The quantitative estimate of drug-likeness (QED) is 0.352. The van der Waals surface area contributed by atoms with Crippen LogP contribution in [0.2, 0.25) is 0 Å². The van der Waals surface area contributed by atoms with Crippen LogP contribution in [0, 0.1) is 10.1 Å². The van der Waals surface area contributed by atoms with Gasteiger partial charge in [-0.3, -0.25) is 10.1 Å². The van der Waals surface area contributed by atoms with Crippen molar-refractivity contribution in [2.75, 3.05) is 19.3 Å². The molecule has 0 aliphatic heterocycles. The summed E-state index contributed by atoms with van der Waals surface area (Å²) in [6.07, 6.45) is 2.67. The predicted molar refractivity (Wildman–Crippen MR) is 76.3 cm³/mol. The average Bonchev–Trinajstić information content (AvgIpc) is 2.84. The number of hydrogen-bond acceptors (Lipinski definition) is 8. The van der Waals surface area contributed by atoms with Gasteiger partial charge in [0, 0.05) is 36.2 Å². The standard InChI is InChI=1S/C10H16N4O3S2/c1-11-9(5-14(16)17)12-2-3-18-7-8-4-13-10(6-15)19-8/h4-5,11-12,15H,2-3,6-7H2,1H3. The van der Waals surface area contributed by atoms with Crippen LogP contribution >= 0.6 is 23.1 Å². The summed E-state index contributed by atoms with van der Waals surface area (Å²) < 4.78 is 0. The van der Waals surface area contributed by atoms with Crippen molar-refractivity contribution in [2.24, 2.45) is 0 Å². The number of thioether (sulfide) groups is 1. The minimum absolute atomic E-state index is 0.0197. The zero-order valence-electron chi connectivity index (χ0n) is 10.5. The minimum Gasteiger partial charge on any atom is -0.389 e. The van der Waals surface area contributed by atoms with Crippen LogP contribution in [0.1, 0.15) is 9.88 Å². The summed E-state index contributed by atoms with van der Waals surface area (Å²) in [6, 6.07) is 0. The SMILES string of the molecule is CNC(=C[N+](=O)[O-])NCCSCc1cnc(CO)s1. The van der Waals surface area contributed by atoms with Gasteiger partial charge in [0.1, 0.15) is 5.01 Å². The first kappa shape index (κ1) is 15.7. The molecule has 106 valence electrons. The Labute approximate surface area is 119 Å². The van der Waals surface area contributed by atoms with E-state index in [0.717, 1.165) is 27.6 Å². The van der Waals surface area contributed by atoms with E-state index in [1.54, 1.807) is 25.0 Å². The molecule has 1 aromatic rings. The summed E-state index contributed by atoms with van der Waals surface area (Å²) in [5.74, 6) is 2.04. The third kappa shape index (κ3) is 6.41. The lowest BCUT2D eigenvalue weighted by atomic mass is 10.6. The lowest BCUT2D eigenvalue weighted by molar-refractivity contribution is -0.404. The maximum Gasteiger partial charge on any atom is 0.274 e. The highest BCUT2D eigenvalue weighted by Crippen LogP contribution is 2.18. The van der Waals surface area contributed by atoms with Gasteiger partial charge in [0.25, 0.3) is 6.20 Å². The highest BCUT2D eigenvalue weighted by molar-refractivity contribution is 7.98. The molecule has 0 fully saturated rings. The van der Waals surface area contributed by atoms with Gasteiger partial charge < -0.3 is 15.7 Å². The summed E-state index contributed by atoms with van der Waals surface area (Å²) >= 11 is 3.20. The van der Waals surface area contributed by atoms with Crippen molar-refractivity contribution in [3.8, 4) is 0 Å². The average molecular weight is 304 g/mol. The molecule has 0 saturated carbocycles. The molecule has 0 radical (unpaired) electrons. The molecular weight excluding hydrogens is 288 g/mol. The maximum atomic E-state index is 10.3. The van der Waals surface area contributed by atoms with Crippen molar-refractivity contribution < 1.29 is 10.0 Å². The fraction of sp³-hybridized carbons (Fsp3) is 0.500. The van der Waals surface area contributed by atoms with Crippen LogP contribution in [0.3, 0.4) is 0 Å². The lowest BCUT2D eigenvalue weighted by Crippen LogP contribution is -2.26. The number of aliphatic hydroxyl groups is 1. The van der Waals surface area contributed by atoms with E-state index < -0.39 is 4.92 Å². The van der Waals surface area contributed by atoms with Gasteiger partial charge >= 0.3 is 0 Å². The molecule has 1 aromatic heterocycles. The van der Waals surface area contributed by atoms with Crippen LogP contribution in [0.15, 0.2) is 18.2 Å². The molecule has 9 heteroatoms. The van der Waals surface area contributed by atoms with E-state index in [4.69, 9.17) is 5.11 Å². The molecule has 0 spiro atoms. The van der Waals surface area contributed by atoms with E-state index in [2.05, 4.69) is 15.6 Å². The Bertz CT molecular complexity index is 436. The Hall–Kier alpha value is -1.32. The fourth-order valence-electron chi connectivity index (χ4n) is 1.22. The van der Waals surface area contributed by atoms with Gasteiger partial charge in [0.05, 0.1) is 11.5 Å². The first-order valence-corrected chi connectivity index (χ1v) is 7.52. The second kappa shape index (κ2) is 8.73. The van der Waals surface area contributed by atoms with Gasteiger partial charge in [-0.2, -0.15) is 11.8 Å². The number of nitrogens with one attached hydrogen (secondary N) is 2. The first-order valence-electron chi connectivity index (χ1n) is 5.54. The minimum atomic E-state index is -0.500. The third-order valence-corrected chi connectivity index (χ3v) is 4.22. The van der Waals surface area contributed by atoms with Crippen molar-refractivity contribution in [2.45, 2.75) is 12.4 Å². The Morgan fingerprint density at radius 2 is 2.53 bits per heavy atom. The number of rotatable bonds is 9. The number of nitrogens with zero attached hydrogens (tertiary/aromatic N) is 2. The van der Waals surface area contributed by atoms with Crippen LogP contribution in [-0.2, 0) is 12.4 Å². The van der Waals surface area contributed by atoms with Crippen molar-refractivity contribution in [3.63, 3.8) is 0 Å². The van der Waals surface area contributed by atoms with Crippen molar-refractivity contribution in [1.29, 1.82) is 0 Å². The number of aromatic nitrogens is 1. The normalized spacial score (nSPS) is 11.4. The van der Waals surface area contributed by atoms with E-state index in [9.17, 15) is 10.1 Å². The van der Waals surface area contributed by atoms with Crippen LogP contribution in [-0.4, -0.2) is 34.4 Å². The zero-order chi connectivity index (χ0) is 14.1. The third-order valence-electron chi connectivity index (χ3n) is 2.05. The Morgan fingerprint density at radius 1 is 1.74 bits per heavy atom. The molecule has 0 atom stereocenters. The van der Waals surface area contributed by atoms with Gasteiger partial charge in [-0.05, 0) is 0 Å². The maximum absolute atomic E-state index is 10.3. The zero-order valence-corrected chi connectivity index (χ0v) is 12.1. The molecule has 0 aliphatic rings. The molecular formula is C10H16N4O3S2. The van der Waals surface area contributed by atoms with Crippen molar-refractivity contribution in [3.05, 3.63) is 38.2 Å². The fourth-order valence-corrected chi connectivity index (χ4v) is 2.95. The number of hydrogen-bond donors (Lipinski definition) is 3. The smallest absolute Gasteiger partial charge is 0.274 e. The van der Waals surface area contributed by atoms with Gasteiger partial charge in [-0.15, -0.1) is 11.3 Å². The molecule has 3 N–H and O–H groups in total. The molecule has 0 aliphatic carbocycles. The summed E-state index contributed by atoms with van der Waals surface area (Å²) in [7, 11) is 1.63. The molecule has 0 aromatic carbocycles.